The standard InChI is InChI=1S/C41H26O7/c1-19-36(42)34-35(39(45)37(19)43)38(44)33(40(46)41(34)47)32-25-12-6-4-10-23(25)31(24-11-5-7-13-26(24)32)22-14-15-29-27(17-22)28-16-20-8-2-3-9-21(20)18-30(28)48-29/h2-18,42-47H,1H3. The Morgan fingerprint density at radius 3 is 1.56 bits per heavy atom. The van der Waals surface area contributed by atoms with Gasteiger partial charge in [0, 0.05) is 21.9 Å². The van der Waals surface area contributed by atoms with Crippen LogP contribution in [-0.4, -0.2) is 30.6 Å². The molecule has 0 radical (unpaired) electrons. The van der Waals surface area contributed by atoms with E-state index < -0.39 is 34.5 Å². The van der Waals surface area contributed by atoms with Crippen LogP contribution in [0.25, 0.3) is 87.3 Å². The molecule has 1 aromatic heterocycles. The maximum absolute atomic E-state index is 11.7. The third-order valence-corrected chi connectivity index (χ3v) is 9.64. The summed E-state index contributed by atoms with van der Waals surface area (Å²) in [5, 5.41) is 73.1. The number of fused-ring (bicyclic) bond motifs is 7. The van der Waals surface area contributed by atoms with E-state index in [1.54, 1.807) is 0 Å². The summed E-state index contributed by atoms with van der Waals surface area (Å²) in [6, 6.07) is 33.6. The normalized spacial score (nSPS) is 11.9. The predicted octanol–water partition coefficient (Wildman–Crippen LogP) is 10.1. The quantitative estimate of drug-likeness (QED) is 0.0636. The van der Waals surface area contributed by atoms with Crippen LogP contribution in [0.4, 0.5) is 0 Å². The van der Waals surface area contributed by atoms with Crippen LogP contribution < -0.4 is 0 Å². The van der Waals surface area contributed by atoms with Gasteiger partial charge in [-0.2, -0.15) is 0 Å². The van der Waals surface area contributed by atoms with Gasteiger partial charge in [-0.1, -0.05) is 78.9 Å². The monoisotopic (exact) mass is 630 g/mol. The Hall–Kier alpha value is -6.60. The lowest BCUT2D eigenvalue weighted by molar-refractivity contribution is 0.387. The van der Waals surface area contributed by atoms with Gasteiger partial charge in [-0.3, -0.25) is 0 Å². The SMILES string of the molecule is Cc1c(O)c(O)c2c(O)c(-c3c4ccccc4c(-c4ccc5oc6cc7ccccc7cc6c5c4)c4ccccc34)c(O)c(O)c2c1O. The molecule has 7 heteroatoms. The van der Waals surface area contributed by atoms with Gasteiger partial charge in [-0.05, 0) is 74.6 Å². The lowest BCUT2D eigenvalue weighted by Crippen LogP contribution is -1.93. The number of aromatic hydroxyl groups is 6. The molecule has 8 aromatic carbocycles. The summed E-state index contributed by atoms with van der Waals surface area (Å²) in [6.45, 7) is 1.34. The first-order valence-corrected chi connectivity index (χ1v) is 15.4. The number of furan rings is 1. The molecule has 232 valence electrons. The van der Waals surface area contributed by atoms with Crippen LogP contribution in [-0.2, 0) is 0 Å². The molecular weight excluding hydrogens is 604 g/mol. The van der Waals surface area contributed by atoms with Crippen molar-refractivity contribution in [2.45, 2.75) is 6.92 Å². The highest BCUT2D eigenvalue weighted by molar-refractivity contribution is 6.25. The van der Waals surface area contributed by atoms with Crippen molar-refractivity contribution in [3.8, 4) is 56.8 Å². The first kappa shape index (κ1) is 27.7. The van der Waals surface area contributed by atoms with Crippen LogP contribution in [0.2, 0.25) is 0 Å². The van der Waals surface area contributed by atoms with E-state index in [1.807, 2.05) is 72.8 Å². The molecule has 0 spiro atoms. The summed E-state index contributed by atoms with van der Waals surface area (Å²) in [4.78, 5) is 0. The minimum atomic E-state index is -0.740. The Morgan fingerprint density at radius 1 is 0.396 bits per heavy atom. The van der Waals surface area contributed by atoms with E-state index in [-0.39, 0.29) is 21.9 Å². The second-order valence-corrected chi connectivity index (χ2v) is 12.2. The number of rotatable bonds is 2. The Balaban J connectivity index is 1.40. The lowest BCUT2D eigenvalue weighted by atomic mass is 9.84. The molecule has 48 heavy (non-hydrogen) atoms. The molecule has 0 bridgehead atoms. The van der Waals surface area contributed by atoms with Crippen molar-refractivity contribution in [1.82, 2.24) is 0 Å². The van der Waals surface area contributed by atoms with E-state index in [4.69, 9.17) is 4.42 Å². The first-order valence-electron chi connectivity index (χ1n) is 15.4. The molecule has 0 aliphatic heterocycles. The van der Waals surface area contributed by atoms with Crippen LogP contribution in [0.5, 0.6) is 34.5 Å². The van der Waals surface area contributed by atoms with Gasteiger partial charge in [0.2, 0.25) is 0 Å². The van der Waals surface area contributed by atoms with E-state index >= 15 is 0 Å². The minimum absolute atomic E-state index is 0.113. The number of phenols is 6. The van der Waals surface area contributed by atoms with Crippen LogP contribution >= 0.6 is 0 Å². The third-order valence-electron chi connectivity index (χ3n) is 9.64. The van der Waals surface area contributed by atoms with Gasteiger partial charge in [0.1, 0.15) is 22.7 Å². The summed E-state index contributed by atoms with van der Waals surface area (Å²) < 4.78 is 6.27. The molecule has 0 fully saturated rings. The van der Waals surface area contributed by atoms with E-state index in [9.17, 15) is 30.6 Å². The van der Waals surface area contributed by atoms with Crippen molar-refractivity contribution in [2.75, 3.05) is 0 Å². The number of hydrogen-bond donors (Lipinski definition) is 6. The van der Waals surface area contributed by atoms with E-state index in [2.05, 4.69) is 30.3 Å². The van der Waals surface area contributed by atoms with E-state index in [0.29, 0.717) is 16.3 Å². The Labute approximate surface area is 272 Å². The molecule has 9 aromatic rings. The Morgan fingerprint density at radius 2 is 0.917 bits per heavy atom. The van der Waals surface area contributed by atoms with Crippen molar-refractivity contribution in [2.24, 2.45) is 0 Å². The van der Waals surface area contributed by atoms with Crippen molar-refractivity contribution in [3.05, 3.63) is 109 Å². The topological polar surface area (TPSA) is 135 Å². The molecule has 0 saturated heterocycles. The maximum Gasteiger partial charge on any atom is 0.170 e. The Kier molecular flexibility index (Phi) is 5.60. The van der Waals surface area contributed by atoms with Crippen molar-refractivity contribution >= 4 is 65.0 Å². The van der Waals surface area contributed by atoms with E-state index in [1.165, 1.54) is 6.92 Å². The van der Waals surface area contributed by atoms with E-state index in [0.717, 1.165) is 54.6 Å². The number of phenolic OH excluding ortho intramolecular Hbond substituents is 6. The molecule has 0 amide bonds. The van der Waals surface area contributed by atoms with Gasteiger partial charge >= 0.3 is 0 Å². The molecule has 7 nitrogen and oxygen atoms in total. The highest BCUT2D eigenvalue weighted by atomic mass is 16.3. The highest BCUT2D eigenvalue weighted by Gasteiger charge is 2.30. The molecular formula is C41H26O7. The molecule has 0 aliphatic rings. The third kappa shape index (κ3) is 3.58. The summed E-state index contributed by atoms with van der Waals surface area (Å²) in [5.74, 6) is -3.98. The summed E-state index contributed by atoms with van der Waals surface area (Å²) >= 11 is 0. The van der Waals surface area contributed by atoms with Crippen LogP contribution in [0.1, 0.15) is 5.56 Å². The fourth-order valence-corrected chi connectivity index (χ4v) is 7.33. The van der Waals surface area contributed by atoms with Gasteiger partial charge in [-0.15, -0.1) is 0 Å². The number of benzene rings is 8. The van der Waals surface area contributed by atoms with Gasteiger partial charge in [-0.25, -0.2) is 0 Å². The van der Waals surface area contributed by atoms with Crippen LogP contribution in [0, 0.1) is 6.92 Å². The average Bonchev–Trinajstić information content (AvgIpc) is 3.46. The second kappa shape index (κ2) is 9.70. The van der Waals surface area contributed by atoms with Gasteiger partial charge in [0.15, 0.2) is 23.0 Å². The zero-order chi connectivity index (χ0) is 33.0. The van der Waals surface area contributed by atoms with Gasteiger partial charge in [0.05, 0.1) is 16.3 Å². The number of hydrogen-bond acceptors (Lipinski definition) is 7. The maximum atomic E-state index is 11.7. The molecule has 0 atom stereocenters. The Bertz CT molecular complexity index is 2810. The zero-order valence-corrected chi connectivity index (χ0v) is 25.4. The molecule has 9 rings (SSSR count). The molecule has 0 saturated carbocycles. The average molecular weight is 631 g/mol. The summed E-state index contributed by atoms with van der Waals surface area (Å²) in [5.41, 5.74) is 3.53. The van der Waals surface area contributed by atoms with Crippen LogP contribution in [0.15, 0.2) is 108 Å². The zero-order valence-electron chi connectivity index (χ0n) is 25.4. The van der Waals surface area contributed by atoms with Gasteiger partial charge in [0.25, 0.3) is 0 Å². The minimum Gasteiger partial charge on any atom is -0.507 e. The molecule has 1 heterocycles. The first-order chi connectivity index (χ1) is 23.2. The lowest BCUT2D eigenvalue weighted by Gasteiger charge is -2.21. The summed E-state index contributed by atoms with van der Waals surface area (Å²) in [7, 11) is 0. The molecule has 0 unspecified atom stereocenters. The van der Waals surface area contributed by atoms with Crippen LogP contribution in [0.3, 0.4) is 0 Å². The van der Waals surface area contributed by atoms with Crippen molar-refractivity contribution in [3.63, 3.8) is 0 Å². The largest absolute Gasteiger partial charge is 0.507 e. The van der Waals surface area contributed by atoms with Crippen molar-refractivity contribution < 1.29 is 35.1 Å². The fraction of sp³-hybridized carbons (Fsp3) is 0.0244. The molecule has 6 N–H and O–H groups in total. The molecule has 0 aliphatic carbocycles. The fourth-order valence-electron chi connectivity index (χ4n) is 7.33. The smallest absolute Gasteiger partial charge is 0.170 e. The predicted molar refractivity (Wildman–Crippen MR) is 189 cm³/mol. The van der Waals surface area contributed by atoms with Crippen molar-refractivity contribution in [1.29, 1.82) is 0 Å². The second-order valence-electron chi connectivity index (χ2n) is 12.2. The summed E-state index contributed by atoms with van der Waals surface area (Å²) in [6.07, 6.45) is 0. The van der Waals surface area contributed by atoms with Gasteiger partial charge < -0.3 is 35.1 Å². The highest BCUT2D eigenvalue weighted by Crippen LogP contribution is 2.59.